The van der Waals surface area contributed by atoms with Crippen LogP contribution in [0.4, 0.5) is 0 Å². The molecule has 90 valence electrons. The van der Waals surface area contributed by atoms with E-state index in [1.807, 2.05) is 24.3 Å². The van der Waals surface area contributed by atoms with E-state index in [1.54, 1.807) is 7.11 Å². The first-order chi connectivity index (χ1) is 7.48. The zero-order chi connectivity index (χ0) is 12.2. The number of rotatable bonds is 5. The molecule has 0 heterocycles. The van der Waals surface area contributed by atoms with Crippen molar-refractivity contribution in [3.63, 3.8) is 0 Å². The molecule has 0 bridgehead atoms. The Bertz CT molecular complexity index is 321. The van der Waals surface area contributed by atoms with Crippen LogP contribution in [-0.2, 0) is 10.3 Å². The van der Waals surface area contributed by atoms with Gasteiger partial charge in [-0.2, -0.15) is 0 Å². The first-order valence-electron chi connectivity index (χ1n) is 5.52. The summed E-state index contributed by atoms with van der Waals surface area (Å²) in [5, 5.41) is 0.740. The van der Waals surface area contributed by atoms with Crippen molar-refractivity contribution in [2.75, 3.05) is 13.7 Å². The van der Waals surface area contributed by atoms with Gasteiger partial charge in [-0.05, 0) is 37.0 Å². The quantitative estimate of drug-likeness (QED) is 0.859. The molecule has 16 heavy (non-hydrogen) atoms. The van der Waals surface area contributed by atoms with E-state index in [2.05, 4.69) is 13.8 Å². The predicted molar refractivity (Wildman–Crippen MR) is 68.6 cm³/mol. The van der Waals surface area contributed by atoms with Crippen LogP contribution in [0, 0.1) is 5.92 Å². The number of halogens is 1. The average molecular weight is 242 g/mol. The third kappa shape index (κ3) is 3.21. The minimum absolute atomic E-state index is 0.344. The lowest BCUT2D eigenvalue weighted by Crippen LogP contribution is -2.40. The fourth-order valence-corrected chi connectivity index (χ4v) is 1.81. The van der Waals surface area contributed by atoms with E-state index in [0.717, 1.165) is 23.6 Å². The summed E-state index contributed by atoms with van der Waals surface area (Å²) in [6.07, 6.45) is 0.951. The van der Waals surface area contributed by atoms with Gasteiger partial charge in [0.15, 0.2) is 0 Å². The molecule has 0 amide bonds. The van der Waals surface area contributed by atoms with E-state index in [0.29, 0.717) is 5.92 Å². The van der Waals surface area contributed by atoms with Crippen LogP contribution in [0.2, 0.25) is 5.02 Å². The number of hydrogen-bond acceptors (Lipinski definition) is 2. The summed E-state index contributed by atoms with van der Waals surface area (Å²) >= 11 is 5.86. The lowest BCUT2D eigenvalue weighted by atomic mass is 9.80. The molecule has 0 saturated carbocycles. The molecule has 0 aliphatic rings. The average Bonchev–Trinajstić information content (AvgIpc) is 2.26. The lowest BCUT2D eigenvalue weighted by molar-refractivity contribution is 0.159. The topological polar surface area (TPSA) is 35.2 Å². The summed E-state index contributed by atoms with van der Waals surface area (Å²) in [5.74, 6) is 0.355. The van der Waals surface area contributed by atoms with Gasteiger partial charge < -0.3 is 10.5 Å². The van der Waals surface area contributed by atoms with Crippen molar-refractivity contribution in [2.45, 2.75) is 25.8 Å². The van der Waals surface area contributed by atoms with Crippen LogP contribution in [0.25, 0.3) is 0 Å². The predicted octanol–water partition coefficient (Wildman–Crippen LogP) is 3.19. The molecule has 2 unspecified atom stereocenters. The Hall–Kier alpha value is -0.570. The fraction of sp³-hybridized carbons (Fsp3) is 0.538. The summed E-state index contributed by atoms with van der Waals surface area (Å²) < 4.78 is 5.09. The molecular weight excluding hydrogens is 222 g/mol. The van der Waals surface area contributed by atoms with Gasteiger partial charge in [0.1, 0.15) is 0 Å². The first kappa shape index (κ1) is 13.5. The highest BCUT2D eigenvalue weighted by Gasteiger charge is 2.27. The Balaban J connectivity index is 2.79. The molecule has 1 aromatic rings. The second-order valence-corrected chi connectivity index (χ2v) is 4.91. The van der Waals surface area contributed by atoms with Gasteiger partial charge in [0.25, 0.3) is 0 Å². The summed E-state index contributed by atoms with van der Waals surface area (Å²) in [5.41, 5.74) is 7.14. The Morgan fingerprint density at radius 3 is 2.44 bits per heavy atom. The Labute approximate surface area is 103 Å². The van der Waals surface area contributed by atoms with Gasteiger partial charge in [0.2, 0.25) is 0 Å². The van der Waals surface area contributed by atoms with Crippen molar-refractivity contribution in [1.29, 1.82) is 0 Å². The SMILES string of the molecule is COCCC(C)C(C)(N)c1ccc(Cl)cc1. The van der Waals surface area contributed by atoms with Crippen molar-refractivity contribution in [2.24, 2.45) is 11.7 Å². The minimum Gasteiger partial charge on any atom is -0.385 e. The second-order valence-electron chi connectivity index (χ2n) is 4.47. The van der Waals surface area contributed by atoms with E-state index in [-0.39, 0.29) is 5.54 Å². The van der Waals surface area contributed by atoms with Crippen LogP contribution >= 0.6 is 11.6 Å². The second kappa shape index (κ2) is 5.67. The highest BCUT2D eigenvalue weighted by atomic mass is 35.5. The fourth-order valence-electron chi connectivity index (χ4n) is 1.69. The molecule has 0 fully saturated rings. The van der Waals surface area contributed by atoms with Crippen molar-refractivity contribution in [3.8, 4) is 0 Å². The van der Waals surface area contributed by atoms with Crippen molar-refractivity contribution in [3.05, 3.63) is 34.9 Å². The van der Waals surface area contributed by atoms with Crippen LogP contribution in [0.3, 0.4) is 0 Å². The van der Waals surface area contributed by atoms with Gasteiger partial charge in [-0.1, -0.05) is 30.7 Å². The number of benzene rings is 1. The summed E-state index contributed by atoms with van der Waals surface area (Å²) in [7, 11) is 1.71. The number of nitrogens with two attached hydrogens (primary N) is 1. The van der Waals surface area contributed by atoms with Gasteiger partial charge in [0.05, 0.1) is 0 Å². The van der Waals surface area contributed by atoms with Gasteiger partial charge in [-0.3, -0.25) is 0 Å². The van der Waals surface area contributed by atoms with E-state index < -0.39 is 0 Å². The molecule has 1 aromatic carbocycles. The van der Waals surface area contributed by atoms with Crippen molar-refractivity contribution in [1.82, 2.24) is 0 Å². The Morgan fingerprint density at radius 1 is 1.38 bits per heavy atom. The third-order valence-electron chi connectivity index (χ3n) is 3.24. The Kier molecular flexibility index (Phi) is 4.78. The van der Waals surface area contributed by atoms with Crippen molar-refractivity contribution < 1.29 is 4.74 Å². The van der Waals surface area contributed by atoms with E-state index in [4.69, 9.17) is 22.1 Å². The monoisotopic (exact) mass is 241 g/mol. The smallest absolute Gasteiger partial charge is 0.0465 e. The molecule has 3 heteroatoms. The first-order valence-corrected chi connectivity index (χ1v) is 5.90. The normalized spacial score (nSPS) is 16.8. The molecule has 1 rings (SSSR count). The summed E-state index contributed by atoms with van der Waals surface area (Å²) in [6, 6.07) is 7.74. The molecule has 2 N–H and O–H groups in total. The van der Waals surface area contributed by atoms with Gasteiger partial charge >= 0.3 is 0 Å². The van der Waals surface area contributed by atoms with Crippen LogP contribution in [0.1, 0.15) is 25.8 Å². The maximum atomic E-state index is 6.37. The van der Waals surface area contributed by atoms with Crippen LogP contribution in [0.5, 0.6) is 0 Å². The van der Waals surface area contributed by atoms with Gasteiger partial charge in [-0.25, -0.2) is 0 Å². The lowest BCUT2D eigenvalue weighted by Gasteiger charge is -2.32. The standard InChI is InChI=1S/C13H20ClNO/c1-10(8-9-16-3)13(2,15)11-4-6-12(14)7-5-11/h4-7,10H,8-9,15H2,1-3H3. The molecule has 0 saturated heterocycles. The molecular formula is C13H20ClNO. The molecule has 2 atom stereocenters. The summed E-state index contributed by atoms with van der Waals surface area (Å²) in [4.78, 5) is 0. The van der Waals surface area contributed by atoms with Crippen LogP contribution in [-0.4, -0.2) is 13.7 Å². The number of hydrogen-bond donors (Lipinski definition) is 1. The zero-order valence-electron chi connectivity index (χ0n) is 10.2. The van der Waals surface area contributed by atoms with Crippen molar-refractivity contribution >= 4 is 11.6 Å². The molecule has 0 aliphatic carbocycles. The highest BCUT2D eigenvalue weighted by molar-refractivity contribution is 6.30. The van der Waals surface area contributed by atoms with Gasteiger partial charge in [0, 0.05) is 24.3 Å². The molecule has 0 aromatic heterocycles. The summed E-state index contributed by atoms with van der Waals surface area (Å²) in [6.45, 7) is 4.94. The van der Waals surface area contributed by atoms with Crippen LogP contribution < -0.4 is 5.73 Å². The number of ether oxygens (including phenoxy) is 1. The maximum absolute atomic E-state index is 6.37. The maximum Gasteiger partial charge on any atom is 0.0465 e. The highest BCUT2D eigenvalue weighted by Crippen LogP contribution is 2.29. The Morgan fingerprint density at radius 2 is 1.94 bits per heavy atom. The number of methoxy groups -OCH3 is 1. The molecule has 2 nitrogen and oxygen atoms in total. The van der Waals surface area contributed by atoms with Crippen LogP contribution in [0.15, 0.2) is 24.3 Å². The molecule has 0 aliphatic heterocycles. The molecule has 0 radical (unpaired) electrons. The van der Waals surface area contributed by atoms with E-state index >= 15 is 0 Å². The van der Waals surface area contributed by atoms with Gasteiger partial charge in [-0.15, -0.1) is 0 Å². The van der Waals surface area contributed by atoms with E-state index in [9.17, 15) is 0 Å². The van der Waals surface area contributed by atoms with E-state index in [1.165, 1.54) is 0 Å². The minimum atomic E-state index is -0.344. The largest absolute Gasteiger partial charge is 0.385 e. The zero-order valence-corrected chi connectivity index (χ0v) is 10.9. The molecule has 0 spiro atoms. The third-order valence-corrected chi connectivity index (χ3v) is 3.50.